The summed E-state index contributed by atoms with van der Waals surface area (Å²) in [4.78, 5) is 0. The van der Waals surface area contributed by atoms with Crippen molar-refractivity contribution in [2.24, 2.45) is 0 Å². The number of nitrogens with zero attached hydrogens (tertiary/aromatic N) is 2. The van der Waals surface area contributed by atoms with Gasteiger partial charge in [-0.15, -0.1) is 0 Å². The molecule has 0 spiro atoms. The van der Waals surface area contributed by atoms with Crippen LogP contribution in [0, 0.1) is 0 Å². The predicted octanol–water partition coefficient (Wildman–Crippen LogP) is 9.92. The van der Waals surface area contributed by atoms with Crippen molar-refractivity contribution in [1.29, 1.82) is 0 Å². The Morgan fingerprint density at radius 2 is 0.941 bits per heavy atom. The van der Waals surface area contributed by atoms with Gasteiger partial charge in [-0.05, 0) is 86.8 Å². The van der Waals surface area contributed by atoms with E-state index in [4.69, 9.17) is 0 Å². The van der Waals surface area contributed by atoms with Crippen LogP contribution in [0.25, 0.3) is 16.9 Å². The molecule has 0 aromatic heterocycles. The van der Waals surface area contributed by atoms with Crippen LogP contribution in [0.5, 0.6) is 0 Å². The Morgan fingerprint density at radius 3 is 1.32 bits per heavy atom. The predicted molar refractivity (Wildman–Crippen MR) is 147 cm³/mol. The molecule has 0 amide bonds. The molecule has 0 aliphatic carbocycles. The lowest BCUT2D eigenvalue weighted by Gasteiger charge is -2.11. The molecule has 182 valence electrons. The van der Waals surface area contributed by atoms with Gasteiger partial charge in [0.1, 0.15) is 0 Å². The number of benzene rings is 2. The Balaban J connectivity index is 2.10. The summed E-state index contributed by atoms with van der Waals surface area (Å²) in [6.45, 7) is 8.99. The molecule has 0 bridgehead atoms. The quantitative estimate of drug-likeness (QED) is 0.253. The molecule has 34 heavy (non-hydrogen) atoms. The van der Waals surface area contributed by atoms with Gasteiger partial charge in [-0.3, -0.25) is 0 Å². The standard InChI is InChI=1S/C32H44N2/c1-5-9-15-25-17-13-19-27(23-25)31-29(21-11-7-3)30(22-12-8-4)32(34(31)33)28-20-14-18-26(24-28)16-10-6-2/h13-14,17-20,23-24H,5-12,15-16,21-22H2,1-4H3. The molecule has 1 heterocycles. The monoisotopic (exact) mass is 456 g/mol. The van der Waals surface area contributed by atoms with Crippen molar-refractivity contribution in [1.82, 2.24) is 0 Å². The zero-order chi connectivity index (χ0) is 24.3. The van der Waals surface area contributed by atoms with Gasteiger partial charge < -0.3 is 5.53 Å². The van der Waals surface area contributed by atoms with Gasteiger partial charge in [0, 0.05) is 22.3 Å². The first-order valence-corrected chi connectivity index (χ1v) is 13.8. The average molecular weight is 457 g/mol. The Hall–Kier alpha value is -2.48. The summed E-state index contributed by atoms with van der Waals surface area (Å²) >= 11 is 0. The van der Waals surface area contributed by atoms with E-state index in [0.29, 0.717) is 0 Å². The minimum absolute atomic E-state index is 1.01. The van der Waals surface area contributed by atoms with Gasteiger partial charge in [0.15, 0.2) is 0 Å². The van der Waals surface area contributed by atoms with Crippen LogP contribution >= 0.6 is 0 Å². The third-order valence-corrected chi connectivity index (χ3v) is 6.96. The molecule has 0 saturated carbocycles. The molecular formula is C32H44N2. The Morgan fingerprint density at radius 1 is 0.559 bits per heavy atom. The van der Waals surface area contributed by atoms with Crippen LogP contribution in [0.2, 0.25) is 0 Å². The number of rotatable bonds is 14. The molecule has 0 atom stereocenters. The second-order valence-corrected chi connectivity index (χ2v) is 9.78. The van der Waals surface area contributed by atoms with Crippen LogP contribution in [-0.2, 0) is 12.8 Å². The van der Waals surface area contributed by atoms with Crippen molar-refractivity contribution >= 4 is 11.4 Å². The summed E-state index contributed by atoms with van der Waals surface area (Å²) < 4.78 is 1.54. The average Bonchev–Trinajstić information content (AvgIpc) is 3.14. The maximum absolute atomic E-state index is 11.7. The van der Waals surface area contributed by atoms with E-state index < -0.39 is 0 Å². The lowest BCUT2D eigenvalue weighted by Crippen LogP contribution is -2.03. The van der Waals surface area contributed by atoms with Crippen LogP contribution in [-0.4, -0.2) is 4.70 Å². The normalized spacial score (nSPS) is 13.9. The Kier molecular flexibility index (Phi) is 10.3. The van der Waals surface area contributed by atoms with Crippen molar-refractivity contribution in [2.75, 3.05) is 0 Å². The second-order valence-electron chi connectivity index (χ2n) is 9.78. The van der Waals surface area contributed by atoms with E-state index in [1.54, 1.807) is 0 Å². The SMILES string of the molecule is CCCCC1=C(c2cccc(CCCC)c2)[N+](=[N-])C(c2cccc(CCCC)c2)=C1CCCC. The Labute approximate surface area is 208 Å². The zero-order valence-corrected chi connectivity index (χ0v) is 22.0. The lowest BCUT2D eigenvalue weighted by atomic mass is 9.91. The summed E-state index contributed by atoms with van der Waals surface area (Å²) in [5, 5.41) is 0. The molecule has 0 saturated heterocycles. The number of aryl methyl sites for hydroxylation is 2. The number of hydrogen-bond acceptors (Lipinski definition) is 0. The van der Waals surface area contributed by atoms with Gasteiger partial charge in [-0.2, -0.15) is 0 Å². The highest BCUT2D eigenvalue weighted by atomic mass is 15.2. The third kappa shape index (κ3) is 6.34. The number of hydrogen-bond donors (Lipinski definition) is 0. The van der Waals surface area contributed by atoms with Crippen LogP contribution in [0.4, 0.5) is 0 Å². The summed E-state index contributed by atoms with van der Waals surface area (Å²) in [5.74, 6) is 0. The van der Waals surface area contributed by atoms with E-state index in [1.807, 2.05) is 0 Å². The highest BCUT2D eigenvalue weighted by Crippen LogP contribution is 2.44. The summed E-state index contributed by atoms with van der Waals surface area (Å²) in [5.41, 5.74) is 21.5. The zero-order valence-electron chi connectivity index (χ0n) is 22.0. The molecule has 0 fully saturated rings. The van der Waals surface area contributed by atoms with Gasteiger partial charge in [0.05, 0.1) is 0 Å². The van der Waals surface area contributed by atoms with E-state index in [2.05, 4.69) is 76.2 Å². The van der Waals surface area contributed by atoms with Crippen molar-refractivity contribution in [3.05, 3.63) is 87.5 Å². The van der Waals surface area contributed by atoms with Crippen molar-refractivity contribution < 1.29 is 4.70 Å². The van der Waals surface area contributed by atoms with Gasteiger partial charge in [0.25, 0.3) is 0 Å². The van der Waals surface area contributed by atoms with Crippen LogP contribution in [0.3, 0.4) is 0 Å². The fraction of sp³-hybridized carbons (Fsp3) is 0.500. The molecule has 0 N–H and O–H groups in total. The lowest BCUT2D eigenvalue weighted by molar-refractivity contribution is -0.345. The summed E-state index contributed by atoms with van der Waals surface area (Å²) in [6.07, 6.45) is 13.6. The first kappa shape index (κ1) is 26.1. The summed E-state index contributed by atoms with van der Waals surface area (Å²) in [7, 11) is 0. The maximum atomic E-state index is 11.7. The van der Waals surface area contributed by atoms with E-state index in [0.717, 1.165) is 73.9 Å². The maximum Gasteiger partial charge on any atom is 0.211 e. The largest absolute Gasteiger partial charge is 0.493 e. The van der Waals surface area contributed by atoms with E-state index in [1.165, 1.54) is 52.7 Å². The van der Waals surface area contributed by atoms with Gasteiger partial charge in [-0.25, -0.2) is 4.70 Å². The van der Waals surface area contributed by atoms with Crippen molar-refractivity contribution in [2.45, 2.75) is 105 Å². The van der Waals surface area contributed by atoms with E-state index >= 15 is 0 Å². The first-order valence-electron chi connectivity index (χ1n) is 13.8. The fourth-order valence-corrected chi connectivity index (χ4v) is 5.00. The highest BCUT2D eigenvalue weighted by Gasteiger charge is 2.35. The molecule has 3 rings (SSSR count). The van der Waals surface area contributed by atoms with Crippen LogP contribution < -0.4 is 0 Å². The van der Waals surface area contributed by atoms with Crippen molar-refractivity contribution in [3.8, 4) is 0 Å². The van der Waals surface area contributed by atoms with Gasteiger partial charge >= 0.3 is 0 Å². The molecule has 2 aromatic carbocycles. The molecule has 0 unspecified atom stereocenters. The van der Waals surface area contributed by atoms with Crippen LogP contribution in [0.15, 0.2) is 59.7 Å². The van der Waals surface area contributed by atoms with Crippen molar-refractivity contribution in [3.63, 3.8) is 0 Å². The topological polar surface area (TPSA) is 25.3 Å². The third-order valence-electron chi connectivity index (χ3n) is 6.96. The Bertz CT molecular complexity index is 943. The van der Waals surface area contributed by atoms with E-state index in [9.17, 15) is 5.53 Å². The molecule has 2 heteroatoms. The highest BCUT2D eigenvalue weighted by molar-refractivity contribution is 5.82. The smallest absolute Gasteiger partial charge is 0.211 e. The molecule has 0 radical (unpaired) electrons. The minimum Gasteiger partial charge on any atom is -0.493 e. The van der Waals surface area contributed by atoms with Crippen LogP contribution in [0.1, 0.15) is 114 Å². The number of unbranched alkanes of at least 4 members (excludes halogenated alkanes) is 4. The van der Waals surface area contributed by atoms with E-state index in [-0.39, 0.29) is 0 Å². The molecule has 1 aliphatic heterocycles. The van der Waals surface area contributed by atoms with Gasteiger partial charge in [0.2, 0.25) is 11.4 Å². The molecular weight excluding hydrogens is 412 g/mol. The minimum atomic E-state index is 1.01. The second kappa shape index (κ2) is 13.4. The molecule has 2 aromatic rings. The summed E-state index contributed by atoms with van der Waals surface area (Å²) in [6, 6.07) is 17.7. The first-order chi connectivity index (χ1) is 16.6. The molecule has 1 aliphatic rings. The fourth-order valence-electron chi connectivity index (χ4n) is 5.00. The molecule has 2 nitrogen and oxygen atoms in total. The number of allylic oxidation sites excluding steroid dienone is 2. The van der Waals surface area contributed by atoms with Gasteiger partial charge in [-0.1, -0.05) is 77.6 Å².